The second-order valence-corrected chi connectivity index (χ2v) is 9.01. The molecular formula is C16H20ClNO4S2. The van der Waals surface area contributed by atoms with Gasteiger partial charge in [0.05, 0.1) is 19.4 Å². The van der Waals surface area contributed by atoms with Crippen LogP contribution in [0.25, 0.3) is 10.6 Å². The number of aromatic nitrogens is 1. The minimum Gasteiger partial charge on any atom is -0.493 e. The smallest absolute Gasteiger partial charge is 0.272 e. The zero-order valence-electron chi connectivity index (χ0n) is 13.8. The molecule has 2 rings (SSSR count). The molecule has 24 heavy (non-hydrogen) atoms. The Morgan fingerprint density at radius 3 is 2.58 bits per heavy atom. The zero-order chi connectivity index (χ0) is 17.7. The lowest BCUT2D eigenvalue weighted by Gasteiger charge is -2.11. The zero-order valence-corrected chi connectivity index (χ0v) is 16.2. The van der Waals surface area contributed by atoms with Crippen LogP contribution < -0.4 is 9.47 Å². The summed E-state index contributed by atoms with van der Waals surface area (Å²) < 4.78 is 34.3. The Labute approximate surface area is 151 Å². The normalized spacial score (nSPS) is 11.5. The number of thiazole rings is 1. The number of methoxy groups -OCH3 is 1. The van der Waals surface area contributed by atoms with Gasteiger partial charge in [0.25, 0.3) is 9.05 Å². The molecule has 1 aromatic carbocycles. The van der Waals surface area contributed by atoms with Crippen LogP contribution in [0, 0.1) is 6.92 Å². The molecule has 0 saturated carbocycles. The topological polar surface area (TPSA) is 65.5 Å². The van der Waals surface area contributed by atoms with E-state index in [9.17, 15) is 8.42 Å². The molecule has 0 N–H and O–H groups in total. The maximum Gasteiger partial charge on any atom is 0.272 e. The Balaban J connectivity index is 2.26. The number of unbranched alkanes of at least 4 members (excludes halogenated alkanes) is 2. The summed E-state index contributed by atoms with van der Waals surface area (Å²) in [6.07, 6.45) is 3.24. The Kier molecular flexibility index (Phi) is 6.48. The van der Waals surface area contributed by atoms with E-state index in [0.29, 0.717) is 28.8 Å². The van der Waals surface area contributed by atoms with Crippen molar-refractivity contribution >= 4 is 31.1 Å². The summed E-state index contributed by atoms with van der Waals surface area (Å²) in [6.45, 7) is 4.40. The maximum atomic E-state index is 11.5. The fourth-order valence-electron chi connectivity index (χ4n) is 2.19. The van der Waals surface area contributed by atoms with Gasteiger partial charge in [-0.15, -0.1) is 11.3 Å². The van der Waals surface area contributed by atoms with Crippen molar-refractivity contribution in [2.45, 2.75) is 37.3 Å². The van der Waals surface area contributed by atoms with E-state index in [-0.39, 0.29) is 4.21 Å². The van der Waals surface area contributed by atoms with Crippen molar-refractivity contribution in [3.8, 4) is 22.1 Å². The lowest BCUT2D eigenvalue weighted by atomic mass is 10.2. The first-order chi connectivity index (χ1) is 11.4. The molecule has 0 saturated heterocycles. The minimum atomic E-state index is -3.79. The molecule has 0 bridgehead atoms. The van der Waals surface area contributed by atoms with Crippen LogP contribution in [0.4, 0.5) is 0 Å². The summed E-state index contributed by atoms with van der Waals surface area (Å²) in [5, 5.41) is 0.572. The van der Waals surface area contributed by atoms with Gasteiger partial charge in [-0.25, -0.2) is 13.4 Å². The van der Waals surface area contributed by atoms with Crippen molar-refractivity contribution in [3.63, 3.8) is 0 Å². The van der Waals surface area contributed by atoms with Crippen molar-refractivity contribution in [1.29, 1.82) is 0 Å². The van der Waals surface area contributed by atoms with Gasteiger partial charge in [-0.05, 0) is 31.5 Å². The van der Waals surface area contributed by atoms with Crippen molar-refractivity contribution < 1.29 is 17.9 Å². The fourth-order valence-corrected chi connectivity index (χ4v) is 4.63. The van der Waals surface area contributed by atoms with Crippen LogP contribution in [0.2, 0.25) is 0 Å². The van der Waals surface area contributed by atoms with Crippen molar-refractivity contribution in [2.24, 2.45) is 0 Å². The molecule has 0 unspecified atom stereocenters. The summed E-state index contributed by atoms with van der Waals surface area (Å²) in [5.74, 6) is 1.25. The molecule has 1 aromatic heterocycles. The first kappa shape index (κ1) is 19.0. The van der Waals surface area contributed by atoms with Crippen LogP contribution in [0.5, 0.6) is 11.5 Å². The van der Waals surface area contributed by atoms with Gasteiger partial charge in [-0.3, -0.25) is 0 Å². The highest BCUT2D eigenvalue weighted by molar-refractivity contribution is 8.15. The molecule has 5 nitrogen and oxygen atoms in total. The number of aryl methyl sites for hydroxylation is 1. The molecule has 0 atom stereocenters. The summed E-state index contributed by atoms with van der Waals surface area (Å²) in [6, 6.07) is 5.43. The van der Waals surface area contributed by atoms with Gasteiger partial charge in [-0.2, -0.15) is 0 Å². The summed E-state index contributed by atoms with van der Waals surface area (Å²) in [7, 11) is 3.21. The second-order valence-electron chi connectivity index (χ2n) is 5.25. The first-order valence-electron chi connectivity index (χ1n) is 7.60. The van der Waals surface area contributed by atoms with Crippen LogP contribution in [-0.4, -0.2) is 27.1 Å². The molecule has 132 valence electrons. The van der Waals surface area contributed by atoms with Crippen LogP contribution in [0.1, 0.15) is 31.9 Å². The summed E-state index contributed by atoms with van der Waals surface area (Å²) in [4.78, 5) is 4.30. The van der Waals surface area contributed by atoms with Crippen LogP contribution >= 0.6 is 22.0 Å². The van der Waals surface area contributed by atoms with E-state index in [1.54, 1.807) is 20.1 Å². The van der Waals surface area contributed by atoms with Gasteiger partial charge < -0.3 is 9.47 Å². The Bertz CT molecular complexity index is 802. The van der Waals surface area contributed by atoms with Gasteiger partial charge in [0.2, 0.25) is 0 Å². The van der Waals surface area contributed by atoms with E-state index < -0.39 is 9.05 Å². The maximum absolute atomic E-state index is 11.5. The number of nitrogens with zero attached hydrogens (tertiary/aromatic N) is 1. The minimum absolute atomic E-state index is 0.0676. The third-order valence-corrected chi connectivity index (χ3v) is 6.78. The lowest BCUT2D eigenvalue weighted by Crippen LogP contribution is -1.99. The van der Waals surface area contributed by atoms with Crippen LogP contribution in [0.3, 0.4) is 0 Å². The van der Waals surface area contributed by atoms with E-state index in [1.807, 2.05) is 12.1 Å². The largest absolute Gasteiger partial charge is 0.493 e. The van der Waals surface area contributed by atoms with Crippen LogP contribution in [-0.2, 0) is 9.05 Å². The Morgan fingerprint density at radius 2 is 2.00 bits per heavy atom. The third-order valence-electron chi connectivity index (χ3n) is 3.39. The quantitative estimate of drug-likeness (QED) is 0.486. The number of ether oxygens (including phenoxy) is 2. The van der Waals surface area contributed by atoms with E-state index in [0.717, 1.165) is 36.2 Å². The molecule has 1 heterocycles. The van der Waals surface area contributed by atoms with Crippen molar-refractivity contribution in [2.75, 3.05) is 13.7 Å². The molecule has 0 radical (unpaired) electrons. The number of hydrogen-bond donors (Lipinski definition) is 0. The average Bonchev–Trinajstić information content (AvgIpc) is 2.93. The summed E-state index contributed by atoms with van der Waals surface area (Å²) in [5.41, 5.74) is 1.15. The molecule has 8 heteroatoms. The molecule has 0 spiro atoms. The molecule has 0 aliphatic carbocycles. The highest BCUT2D eigenvalue weighted by Crippen LogP contribution is 2.37. The predicted molar refractivity (Wildman–Crippen MR) is 96.9 cm³/mol. The van der Waals surface area contributed by atoms with Gasteiger partial charge in [0, 0.05) is 16.2 Å². The average molecular weight is 390 g/mol. The van der Waals surface area contributed by atoms with Gasteiger partial charge in [-0.1, -0.05) is 19.8 Å². The summed E-state index contributed by atoms with van der Waals surface area (Å²) >= 11 is 1.04. The van der Waals surface area contributed by atoms with Crippen molar-refractivity contribution in [1.82, 2.24) is 4.98 Å². The second kappa shape index (κ2) is 8.18. The number of benzene rings is 1. The van der Waals surface area contributed by atoms with Gasteiger partial charge >= 0.3 is 0 Å². The highest BCUT2D eigenvalue weighted by atomic mass is 35.7. The van der Waals surface area contributed by atoms with Crippen molar-refractivity contribution in [3.05, 3.63) is 23.9 Å². The number of hydrogen-bond acceptors (Lipinski definition) is 6. The first-order valence-corrected chi connectivity index (χ1v) is 10.7. The van der Waals surface area contributed by atoms with Gasteiger partial charge in [0.1, 0.15) is 5.01 Å². The van der Waals surface area contributed by atoms with E-state index >= 15 is 0 Å². The van der Waals surface area contributed by atoms with E-state index in [1.165, 1.54) is 0 Å². The lowest BCUT2D eigenvalue weighted by molar-refractivity contribution is 0.286. The molecule has 2 aromatic rings. The SMILES string of the molecule is CCCCCOc1ccc(-c2nc(C)c(S(=O)(=O)Cl)s2)cc1OC. The molecule has 0 amide bonds. The van der Waals surface area contributed by atoms with E-state index in [2.05, 4.69) is 11.9 Å². The molecular weight excluding hydrogens is 370 g/mol. The fraction of sp³-hybridized carbons (Fsp3) is 0.438. The standard InChI is InChI=1S/C16H20ClNO4S2/c1-4-5-6-9-22-13-8-7-12(10-14(13)21-3)15-18-11(2)16(23-15)24(17,19)20/h7-8,10H,4-6,9H2,1-3H3. The Morgan fingerprint density at radius 1 is 1.25 bits per heavy atom. The van der Waals surface area contributed by atoms with E-state index in [4.69, 9.17) is 20.2 Å². The highest BCUT2D eigenvalue weighted by Gasteiger charge is 2.20. The molecule has 0 aliphatic heterocycles. The van der Waals surface area contributed by atoms with Crippen LogP contribution in [0.15, 0.2) is 22.4 Å². The predicted octanol–water partition coefficient (Wildman–Crippen LogP) is 4.62. The number of rotatable bonds is 8. The number of halogens is 1. The Hall–Kier alpha value is -1.31. The molecule has 0 fully saturated rings. The third kappa shape index (κ3) is 4.62. The van der Waals surface area contributed by atoms with Gasteiger partial charge in [0.15, 0.2) is 15.7 Å². The molecule has 0 aliphatic rings. The monoisotopic (exact) mass is 389 g/mol.